The number of piperidine rings is 1. The van der Waals surface area contributed by atoms with Gasteiger partial charge in [-0.05, 0) is 49.2 Å². The number of amides is 2. The standard InChI is InChI=1S/C21H24ClN3O2/c22-18-8-4-6-16(12-18)13-23-20(26)15-25-11-5-7-17(14-25)21(27)24-19-9-2-1-3-10-19/h1-4,6,8-10,12,17H,5,7,11,13-15H2,(H,23,26)(H,24,27). The Bertz CT molecular complexity index is 782. The summed E-state index contributed by atoms with van der Waals surface area (Å²) in [5, 5.41) is 6.53. The van der Waals surface area contributed by atoms with Crippen LogP contribution in [0, 0.1) is 5.92 Å². The van der Waals surface area contributed by atoms with Crippen molar-refractivity contribution in [1.82, 2.24) is 10.2 Å². The first-order chi connectivity index (χ1) is 13.1. The Hall–Kier alpha value is -2.37. The van der Waals surface area contributed by atoms with Crippen LogP contribution in [0.5, 0.6) is 0 Å². The maximum Gasteiger partial charge on any atom is 0.234 e. The van der Waals surface area contributed by atoms with E-state index in [-0.39, 0.29) is 17.7 Å². The number of para-hydroxylation sites is 1. The number of benzene rings is 2. The molecule has 2 N–H and O–H groups in total. The molecule has 2 aromatic carbocycles. The molecule has 1 aliphatic heterocycles. The molecule has 1 saturated heterocycles. The summed E-state index contributed by atoms with van der Waals surface area (Å²) in [5.74, 6) is -0.121. The van der Waals surface area contributed by atoms with Crippen molar-refractivity contribution in [2.45, 2.75) is 19.4 Å². The third kappa shape index (κ3) is 6.08. The van der Waals surface area contributed by atoms with Gasteiger partial charge in [0.15, 0.2) is 0 Å². The summed E-state index contributed by atoms with van der Waals surface area (Å²) in [5.41, 5.74) is 1.77. The zero-order valence-electron chi connectivity index (χ0n) is 15.2. The second-order valence-electron chi connectivity index (χ2n) is 6.84. The Labute approximate surface area is 164 Å². The fourth-order valence-corrected chi connectivity index (χ4v) is 3.50. The van der Waals surface area contributed by atoms with Crippen LogP contribution in [-0.4, -0.2) is 36.3 Å². The molecular formula is C21H24ClN3O2. The predicted molar refractivity (Wildman–Crippen MR) is 108 cm³/mol. The maximum atomic E-state index is 12.5. The second-order valence-corrected chi connectivity index (χ2v) is 7.27. The lowest BCUT2D eigenvalue weighted by molar-refractivity contribution is -0.125. The van der Waals surface area contributed by atoms with E-state index in [0.717, 1.165) is 30.6 Å². The first-order valence-corrected chi connectivity index (χ1v) is 9.57. The van der Waals surface area contributed by atoms with Crippen molar-refractivity contribution in [1.29, 1.82) is 0 Å². The molecule has 0 aliphatic carbocycles. The third-order valence-electron chi connectivity index (χ3n) is 4.66. The minimum Gasteiger partial charge on any atom is -0.351 e. The lowest BCUT2D eigenvalue weighted by Crippen LogP contribution is -2.45. The molecule has 1 atom stereocenters. The average molecular weight is 386 g/mol. The molecule has 1 heterocycles. The number of likely N-dealkylation sites (tertiary alicyclic amines) is 1. The number of halogens is 1. The van der Waals surface area contributed by atoms with E-state index in [0.29, 0.717) is 24.7 Å². The van der Waals surface area contributed by atoms with Crippen LogP contribution in [0.1, 0.15) is 18.4 Å². The second kappa shape index (κ2) is 9.53. The quantitative estimate of drug-likeness (QED) is 0.802. The third-order valence-corrected chi connectivity index (χ3v) is 4.90. The van der Waals surface area contributed by atoms with E-state index >= 15 is 0 Å². The van der Waals surface area contributed by atoms with Crippen LogP contribution >= 0.6 is 11.6 Å². The first-order valence-electron chi connectivity index (χ1n) is 9.19. The number of hydrogen-bond acceptors (Lipinski definition) is 3. The van der Waals surface area contributed by atoms with E-state index in [4.69, 9.17) is 11.6 Å². The largest absolute Gasteiger partial charge is 0.351 e. The Morgan fingerprint density at radius 1 is 1.11 bits per heavy atom. The average Bonchev–Trinajstić information content (AvgIpc) is 2.67. The van der Waals surface area contributed by atoms with E-state index in [1.807, 2.05) is 53.4 Å². The molecule has 1 unspecified atom stereocenters. The molecule has 6 heteroatoms. The topological polar surface area (TPSA) is 61.4 Å². The van der Waals surface area contributed by atoms with Crippen LogP contribution in [0.4, 0.5) is 5.69 Å². The summed E-state index contributed by atoms with van der Waals surface area (Å²) in [7, 11) is 0. The highest BCUT2D eigenvalue weighted by Gasteiger charge is 2.26. The number of carbonyl (C=O) groups excluding carboxylic acids is 2. The molecule has 142 valence electrons. The van der Waals surface area contributed by atoms with Gasteiger partial charge < -0.3 is 10.6 Å². The van der Waals surface area contributed by atoms with Gasteiger partial charge in [-0.2, -0.15) is 0 Å². The van der Waals surface area contributed by atoms with Crippen LogP contribution in [-0.2, 0) is 16.1 Å². The van der Waals surface area contributed by atoms with Gasteiger partial charge in [-0.15, -0.1) is 0 Å². The number of nitrogens with one attached hydrogen (secondary N) is 2. The van der Waals surface area contributed by atoms with Gasteiger partial charge in [-0.25, -0.2) is 0 Å². The van der Waals surface area contributed by atoms with Gasteiger partial charge in [0, 0.05) is 23.8 Å². The molecule has 0 saturated carbocycles. The van der Waals surface area contributed by atoms with E-state index in [1.54, 1.807) is 6.07 Å². The summed E-state index contributed by atoms with van der Waals surface area (Å²) in [6.07, 6.45) is 1.76. The van der Waals surface area contributed by atoms with Crippen LogP contribution < -0.4 is 10.6 Å². The van der Waals surface area contributed by atoms with Gasteiger partial charge in [0.05, 0.1) is 12.5 Å². The Kier molecular flexibility index (Phi) is 6.85. The summed E-state index contributed by atoms with van der Waals surface area (Å²) in [6.45, 7) is 2.18. The number of anilines is 1. The molecule has 0 aromatic heterocycles. The molecule has 2 aromatic rings. The molecular weight excluding hydrogens is 362 g/mol. The van der Waals surface area contributed by atoms with E-state index in [2.05, 4.69) is 10.6 Å². The van der Waals surface area contributed by atoms with Crippen molar-refractivity contribution in [3.8, 4) is 0 Å². The number of hydrogen-bond donors (Lipinski definition) is 2. The molecule has 1 aliphatic rings. The van der Waals surface area contributed by atoms with Gasteiger partial charge in [-0.1, -0.05) is 41.9 Å². The van der Waals surface area contributed by atoms with Crippen LogP contribution in [0.25, 0.3) is 0 Å². The van der Waals surface area contributed by atoms with Crippen molar-refractivity contribution >= 4 is 29.1 Å². The SMILES string of the molecule is O=C(CN1CCCC(C(=O)Nc2ccccc2)C1)NCc1cccc(Cl)c1. The van der Waals surface area contributed by atoms with Crippen LogP contribution in [0.15, 0.2) is 54.6 Å². The van der Waals surface area contributed by atoms with Crippen LogP contribution in [0.3, 0.4) is 0 Å². The minimum absolute atomic E-state index is 0.0187. The lowest BCUT2D eigenvalue weighted by Gasteiger charge is -2.31. The molecule has 5 nitrogen and oxygen atoms in total. The summed E-state index contributed by atoms with van der Waals surface area (Å²) in [4.78, 5) is 26.8. The van der Waals surface area contributed by atoms with Gasteiger partial charge in [0.25, 0.3) is 0 Å². The molecule has 1 fully saturated rings. The van der Waals surface area contributed by atoms with E-state index in [9.17, 15) is 9.59 Å². The van der Waals surface area contributed by atoms with Gasteiger partial charge in [0.1, 0.15) is 0 Å². The van der Waals surface area contributed by atoms with Crippen molar-refractivity contribution in [2.75, 3.05) is 25.0 Å². The Balaban J connectivity index is 1.46. The van der Waals surface area contributed by atoms with Gasteiger partial charge >= 0.3 is 0 Å². The Morgan fingerprint density at radius 2 is 1.93 bits per heavy atom. The molecule has 0 radical (unpaired) electrons. The van der Waals surface area contributed by atoms with Crippen LogP contribution in [0.2, 0.25) is 5.02 Å². The summed E-state index contributed by atoms with van der Waals surface area (Å²) >= 11 is 5.96. The summed E-state index contributed by atoms with van der Waals surface area (Å²) in [6, 6.07) is 16.9. The smallest absolute Gasteiger partial charge is 0.234 e. The monoisotopic (exact) mass is 385 g/mol. The van der Waals surface area contributed by atoms with Crippen molar-refractivity contribution in [3.05, 3.63) is 65.2 Å². The molecule has 27 heavy (non-hydrogen) atoms. The first kappa shape index (κ1) is 19.4. The normalized spacial score (nSPS) is 17.3. The molecule has 0 spiro atoms. The fraction of sp³-hybridized carbons (Fsp3) is 0.333. The maximum absolute atomic E-state index is 12.5. The fourth-order valence-electron chi connectivity index (χ4n) is 3.29. The molecule has 3 rings (SSSR count). The van der Waals surface area contributed by atoms with Gasteiger partial charge in [-0.3, -0.25) is 14.5 Å². The molecule has 2 amide bonds. The van der Waals surface area contributed by atoms with Gasteiger partial charge in [0.2, 0.25) is 11.8 Å². The van der Waals surface area contributed by atoms with E-state index < -0.39 is 0 Å². The molecule has 0 bridgehead atoms. The number of nitrogens with zero attached hydrogens (tertiary/aromatic N) is 1. The predicted octanol–water partition coefficient (Wildman–Crippen LogP) is 3.31. The zero-order valence-corrected chi connectivity index (χ0v) is 15.9. The van der Waals surface area contributed by atoms with E-state index in [1.165, 1.54) is 0 Å². The Morgan fingerprint density at radius 3 is 2.70 bits per heavy atom. The number of carbonyl (C=O) groups is 2. The highest BCUT2D eigenvalue weighted by molar-refractivity contribution is 6.30. The van der Waals surface area contributed by atoms with Crippen molar-refractivity contribution < 1.29 is 9.59 Å². The highest BCUT2D eigenvalue weighted by Crippen LogP contribution is 2.18. The number of rotatable bonds is 6. The minimum atomic E-state index is -0.0975. The zero-order chi connectivity index (χ0) is 19.1. The lowest BCUT2D eigenvalue weighted by atomic mass is 9.97. The highest BCUT2D eigenvalue weighted by atomic mass is 35.5. The van der Waals surface area contributed by atoms with Crippen molar-refractivity contribution in [3.63, 3.8) is 0 Å². The van der Waals surface area contributed by atoms with Crippen molar-refractivity contribution in [2.24, 2.45) is 5.92 Å². The summed E-state index contributed by atoms with van der Waals surface area (Å²) < 4.78 is 0.